The molecule has 0 radical (unpaired) electrons. The van der Waals surface area contributed by atoms with Crippen molar-refractivity contribution in [2.24, 2.45) is 0 Å². The Hall–Kier alpha value is -1.62. The number of hydrogen-bond acceptors (Lipinski definition) is 2. The minimum Gasteiger partial charge on any atom is -0.345 e. The number of hydrogen-bond donors (Lipinski definition) is 1. The van der Waals surface area contributed by atoms with Gasteiger partial charge in [-0.15, -0.1) is 0 Å². The van der Waals surface area contributed by atoms with Crippen molar-refractivity contribution >= 4 is 23.4 Å². The Balaban J connectivity index is 2.32. The smallest absolute Gasteiger partial charge is 0.245 e. The molecule has 1 aromatic carbocycles. The van der Waals surface area contributed by atoms with E-state index in [0.717, 1.165) is 0 Å². The molecule has 0 spiro atoms. The molecule has 19 heavy (non-hydrogen) atoms. The minimum absolute atomic E-state index is 0.0464. The molecule has 1 fully saturated rings. The first-order chi connectivity index (χ1) is 8.82. The molecule has 0 atom stereocenters. The number of piperazine rings is 1. The van der Waals surface area contributed by atoms with E-state index in [0.29, 0.717) is 10.6 Å². The molecule has 4 nitrogen and oxygen atoms in total. The second-order valence-corrected chi connectivity index (χ2v) is 5.36. The van der Waals surface area contributed by atoms with Gasteiger partial charge in [0, 0.05) is 11.6 Å². The van der Waals surface area contributed by atoms with Crippen LogP contribution in [-0.2, 0) is 16.1 Å². The van der Waals surface area contributed by atoms with Gasteiger partial charge in [-0.3, -0.25) is 9.59 Å². The maximum absolute atomic E-state index is 13.2. The van der Waals surface area contributed by atoms with Crippen LogP contribution in [-0.4, -0.2) is 28.8 Å². The molecule has 0 aromatic heterocycles. The molecular formula is C13H14ClFN2O2. The summed E-state index contributed by atoms with van der Waals surface area (Å²) in [5, 5.41) is 2.90. The average Bonchev–Trinajstić information content (AvgIpc) is 2.34. The van der Waals surface area contributed by atoms with Crippen molar-refractivity contribution in [3.05, 3.63) is 34.6 Å². The lowest BCUT2D eigenvalue weighted by atomic mass is 9.97. The summed E-state index contributed by atoms with van der Waals surface area (Å²) in [4.78, 5) is 25.1. The maximum atomic E-state index is 13.2. The number of carbonyl (C=O) groups excluding carboxylic acids is 2. The summed E-state index contributed by atoms with van der Waals surface area (Å²) in [6.07, 6.45) is 0. The number of benzene rings is 1. The summed E-state index contributed by atoms with van der Waals surface area (Å²) in [6.45, 7) is 3.35. The lowest BCUT2D eigenvalue weighted by Gasteiger charge is -2.41. The molecule has 2 rings (SSSR count). The monoisotopic (exact) mass is 284 g/mol. The number of nitrogens with zero attached hydrogens (tertiary/aromatic N) is 1. The van der Waals surface area contributed by atoms with Crippen LogP contribution in [0.2, 0.25) is 5.02 Å². The Labute approximate surface area is 115 Å². The highest BCUT2D eigenvalue weighted by Crippen LogP contribution is 2.25. The number of amides is 2. The molecule has 1 aromatic rings. The molecule has 0 saturated carbocycles. The standard InChI is InChI=1S/C13H14ClFN2O2/c1-13(2)12(19)16-6-11(18)17(13)7-8-5-9(15)3-4-10(8)14/h3-5H,6-7H2,1-2H3,(H,16,19). The van der Waals surface area contributed by atoms with E-state index in [1.54, 1.807) is 13.8 Å². The molecule has 1 heterocycles. The Kier molecular flexibility index (Phi) is 3.49. The van der Waals surface area contributed by atoms with E-state index in [1.807, 2.05) is 0 Å². The molecule has 1 aliphatic heterocycles. The third-order valence-corrected chi connectivity index (χ3v) is 3.64. The number of halogens is 2. The molecule has 2 amide bonds. The minimum atomic E-state index is -0.981. The van der Waals surface area contributed by atoms with Crippen molar-refractivity contribution in [1.82, 2.24) is 10.2 Å². The zero-order valence-corrected chi connectivity index (χ0v) is 11.4. The van der Waals surface area contributed by atoms with E-state index in [-0.39, 0.29) is 24.9 Å². The lowest BCUT2D eigenvalue weighted by molar-refractivity contribution is -0.152. The van der Waals surface area contributed by atoms with E-state index < -0.39 is 11.4 Å². The zero-order valence-electron chi connectivity index (χ0n) is 10.7. The van der Waals surface area contributed by atoms with E-state index in [1.165, 1.54) is 23.1 Å². The Morgan fingerprint density at radius 3 is 2.79 bits per heavy atom. The topological polar surface area (TPSA) is 49.4 Å². The molecule has 1 saturated heterocycles. The van der Waals surface area contributed by atoms with Gasteiger partial charge in [0.05, 0.1) is 6.54 Å². The molecule has 6 heteroatoms. The first-order valence-corrected chi connectivity index (χ1v) is 6.23. The van der Waals surface area contributed by atoms with Crippen molar-refractivity contribution in [3.8, 4) is 0 Å². The van der Waals surface area contributed by atoms with Crippen LogP contribution >= 0.6 is 11.6 Å². The van der Waals surface area contributed by atoms with Crippen molar-refractivity contribution in [2.75, 3.05) is 6.54 Å². The van der Waals surface area contributed by atoms with Gasteiger partial charge >= 0.3 is 0 Å². The molecular weight excluding hydrogens is 271 g/mol. The van der Waals surface area contributed by atoms with Gasteiger partial charge in [-0.1, -0.05) is 11.6 Å². The second-order valence-electron chi connectivity index (χ2n) is 4.96. The average molecular weight is 285 g/mol. The molecule has 102 valence electrons. The van der Waals surface area contributed by atoms with Crippen LogP contribution in [0.4, 0.5) is 4.39 Å². The number of nitrogens with one attached hydrogen (secondary N) is 1. The predicted octanol–water partition coefficient (Wildman–Crippen LogP) is 1.72. The normalized spacial score (nSPS) is 18.4. The Morgan fingerprint density at radius 1 is 1.42 bits per heavy atom. The molecule has 1 aliphatic rings. The molecule has 0 unspecified atom stereocenters. The summed E-state index contributed by atoms with van der Waals surface area (Å²) in [6, 6.07) is 3.97. The Bertz CT molecular complexity index is 545. The van der Waals surface area contributed by atoms with Crippen LogP contribution in [0.5, 0.6) is 0 Å². The highest BCUT2D eigenvalue weighted by atomic mass is 35.5. The molecule has 1 N–H and O–H groups in total. The summed E-state index contributed by atoms with van der Waals surface area (Å²) >= 11 is 5.99. The highest BCUT2D eigenvalue weighted by Gasteiger charge is 2.41. The van der Waals surface area contributed by atoms with Gasteiger partial charge in [-0.05, 0) is 37.6 Å². The van der Waals surface area contributed by atoms with Gasteiger partial charge < -0.3 is 10.2 Å². The van der Waals surface area contributed by atoms with Crippen molar-refractivity contribution < 1.29 is 14.0 Å². The van der Waals surface area contributed by atoms with E-state index in [2.05, 4.69) is 5.32 Å². The second kappa shape index (κ2) is 4.81. The molecule has 0 aliphatic carbocycles. The van der Waals surface area contributed by atoms with E-state index in [9.17, 15) is 14.0 Å². The summed E-state index contributed by atoms with van der Waals surface area (Å²) in [7, 11) is 0. The van der Waals surface area contributed by atoms with Crippen LogP contribution < -0.4 is 5.32 Å². The van der Waals surface area contributed by atoms with Gasteiger partial charge in [-0.25, -0.2) is 4.39 Å². The fourth-order valence-corrected chi connectivity index (χ4v) is 2.20. The number of rotatable bonds is 2. The van der Waals surface area contributed by atoms with Gasteiger partial charge in [0.25, 0.3) is 0 Å². The van der Waals surface area contributed by atoms with E-state index >= 15 is 0 Å². The quantitative estimate of drug-likeness (QED) is 0.899. The molecule has 0 bridgehead atoms. The van der Waals surface area contributed by atoms with Gasteiger partial charge in [0.2, 0.25) is 11.8 Å². The largest absolute Gasteiger partial charge is 0.345 e. The highest BCUT2D eigenvalue weighted by molar-refractivity contribution is 6.31. The number of carbonyl (C=O) groups is 2. The summed E-state index contributed by atoms with van der Waals surface area (Å²) < 4.78 is 13.2. The predicted molar refractivity (Wildman–Crippen MR) is 69.0 cm³/mol. The maximum Gasteiger partial charge on any atom is 0.245 e. The van der Waals surface area contributed by atoms with E-state index in [4.69, 9.17) is 11.6 Å². The summed E-state index contributed by atoms with van der Waals surface area (Å²) in [5.74, 6) is -0.879. The van der Waals surface area contributed by atoms with Crippen LogP contribution in [0, 0.1) is 5.82 Å². The third-order valence-electron chi connectivity index (χ3n) is 3.27. The van der Waals surface area contributed by atoms with Crippen molar-refractivity contribution in [1.29, 1.82) is 0 Å². The van der Waals surface area contributed by atoms with Crippen LogP contribution in [0.25, 0.3) is 0 Å². The van der Waals surface area contributed by atoms with Gasteiger partial charge in [-0.2, -0.15) is 0 Å². The van der Waals surface area contributed by atoms with Crippen molar-refractivity contribution in [3.63, 3.8) is 0 Å². The van der Waals surface area contributed by atoms with Gasteiger partial charge in [0.1, 0.15) is 11.4 Å². The zero-order chi connectivity index (χ0) is 14.2. The van der Waals surface area contributed by atoms with Crippen LogP contribution in [0.3, 0.4) is 0 Å². The fourth-order valence-electron chi connectivity index (χ4n) is 2.02. The SMILES string of the molecule is CC1(C)C(=O)NCC(=O)N1Cc1cc(F)ccc1Cl. The third kappa shape index (κ3) is 2.56. The van der Waals surface area contributed by atoms with Crippen LogP contribution in [0.15, 0.2) is 18.2 Å². The summed E-state index contributed by atoms with van der Waals surface area (Å²) in [5.41, 5.74) is -0.497. The first-order valence-electron chi connectivity index (χ1n) is 5.85. The first kappa shape index (κ1) is 13.8. The van der Waals surface area contributed by atoms with Crippen molar-refractivity contribution in [2.45, 2.75) is 25.9 Å². The Morgan fingerprint density at radius 2 is 2.11 bits per heavy atom. The fraction of sp³-hybridized carbons (Fsp3) is 0.385. The lowest BCUT2D eigenvalue weighted by Crippen LogP contribution is -2.63. The van der Waals surface area contributed by atoms with Gasteiger partial charge in [0.15, 0.2) is 0 Å². The van der Waals surface area contributed by atoms with Crippen LogP contribution in [0.1, 0.15) is 19.4 Å².